The van der Waals surface area contributed by atoms with E-state index in [1.165, 1.54) is 17.0 Å². The molecule has 13 nitrogen and oxygen atoms in total. The Balaban J connectivity index is 0.000000808. The van der Waals surface area contributed by atoms with Gasteiger partial charge in [0.15, 0.2) is 17.8 Å². The SMILES string of the molecule is CC(C)(C)C.NC1=N[C@H](c2ccc(-c3cnn(C4CC4)n3)cc2)C(=O)N1[C@H](CNS(=O)(=O)C1CC1)c1ccc(Cl)c(-n2ncnc2C(F)F)c1. The standard InChI is InChI=1S/C28H27ClF2N10O3S.C5H12/c29-20-10-5-17(11-22(20)40-26(25(30)31)33-14-35-40)23(13-36-45(43,44)19-8-9-19)39-27(42)24(37-28(39)32)16-3-1-15(2-4-16)21-12-34-41(38-21)18-6-7-18;1-5(2,3)4/h1-5,10-12,14,18-19,23-25,36H,6-9,13H2,(H2,32,37);1-4H3/t23-,24-;/m1./s1. The van der Waals surface area contributed by atoms with Crippen molar-refractivity contribution in [3.63, 3.8) is 0 Å². The first-order valence-electron chi connectivity index (χ1n) is 16.3. The Labute approximate surface area is 294 Å². The van der Waals surface area contributed by atoms with E-state index in [4.69, 9.17) is 17.3 Å². The molecular formula is C33H39ClF2N10O3S. The van der Waals surface area contributed by atoms with Crippen molar-refractivity contribution in [3.05, 3.63) is 77.0 Å². The van der Waals surface area contributed by atoms with Crippen molar-refractivity contribution in [3.8, 4) is 16.9 Å². The lowest BCUT2D eigenvalue weighted by Gasteiger charge is -2.29. The van der Waals surface area contributed by atoms with Gasteiger partial charge in [-0.25, -0.2) is 36.6 Å². The Morgan fingerprint density at radius 3 is 2.34 bits per heavy atom. The molecule has 2 aliphatic carbocycles. The van der Waals surface area contributed by atoms with Gasteiger partial charge in [0, 0.05) is 12.1 Å². The van der Waals surface area contributed by atoms with Gasteiger partial charge >= 0.3 is 0 Å². The summed E-state index contributed by atoms with van der Waals surface area (Å²) < 4.78 is 56.4. The molecule has 2 aromatic heterocycles. The number of alkyl halides is 2. The van der Waals surface area contributed by atoms with Crippen molar-refractivity contribution in [1.82, 2.24) is 39.4 Å². The van der Waals surface area contributed by atoms with Gasteiger partial charge in [0.1, 0.15) is 12.0 Å². The van der Waals surface area contributed by atoms with E-state index in [0.29, 0.717) is 41.1 Å². The predicted molar refractivity (Wildman–Crippen MR) is 184 cm³/mol. The lowest BCUT2D eigenvalue weighted by atomic mass is 10.0. The van der Waals surface area contributed by atoms with E-state index >= 15 is 0 Å². The fraction of sp³-hybridized carbons (Fsp3) is 0.455. The predicted octanol–water partition coefficient (Wildman–Crippen LogP) is 5.53. The number of nitrogens with zero attached hydrogens (tertiary/aromatic N) is 8. The number of halogens is 3. The number of guanidine groups is 1. The summed E-state index contributed by atoms with van der Waals surface area (Å²) in [5, 5.41) is 12.3. The molecule has 50 heavy (non-hydrogen) atoms. The number of benzene rings is 2. The molecule has 0 unspecified atom stereocenters. The van der Waals surface area contributed by atoms with E-state index in [0.717, 1.165) is 29.4 Å². The molecule has 3 N–H and O–H groups in total. The van der Waals surface area contributed by atoms with Crippen LogP contribution in [0.1, 0.15) is 94.9 Å². The molecule has 4 aromatic rings. The first kappa shape index (κ1) is 35.5. The largest absolute Gasteiger partial charge is 0.369 e. The molecule has 2 atom stereocenters. The smallest absolute Gasteiger partial charge is 0.297 e. The van der Waals surface area contributed by atoms with E-state index in [2.05, 4.69) is 57.7 Å². The summed E-state index contributed by atoms with van der Waals surface area (Å²) in [6.07, 6.45) is 2.93. The molecule has 0 saturated heterocycles. The first-order chi connectivity index (χ1) is 23.6. The topological polar surface area (TPSA) is 166 Å². The van der Waals surface area contributed by atoms with E-state index in [1.54, 1.807) is 29.2 Å². The van der Waals surface area contributed by atoms with E-state index in [-0.39, 0.29) is 23.2 Å². The normalized spacial score (nSPS) is 18.6. The van der Waals surface area contributed by atoms with Gasteiger partial charge in [-0.3, -0.25) is 9.69 Å². The van der Waals surface area contributed by atoms with Gasteiger partial charge in [-0.2, -0.15) is 20.1 Å². The van der Waals surface area contributed by atoms with Gasteiger partial charge in [0.05, 0.1) is 34.2 Å². The van der Waals surface area contributed by atoms with Gasteiger partial charge in [-0.15, -0.1) is 0 Å². The number of rotatable bonds is 11. The third-order valence-electron chi connectivity index (χ3n) is 7.99. The molecule has 7 rings (SSSR count). The number of nitrogens with two attached hydrogens (primary N) is 1. The Kier molecular flexibility index (Phi) is 9.81. The van der Waals surface area contributed by atoms with Crippen molar-refractivity contribution in [2.75, 3.05) is 6.54 Å². The van der Waals surface area contributed by atoms with Crippen LogP contribution in [0.2, 0.25) is 5.02 Å². The molecule has 266 valence electrons. The minimum Gasteiger partial charge on any atom is -0.369 e. The highest BCUT2D eigenvalue weighted by Crippen LogP contribution is 2.37. The van der Waals surface area contributed by atoms with Crippen molar-refractivity contribution >= 4 is 33.5 Å². The number of amides is 1. The Morgan fingerprint density at radius 1 is 1.04 bits per heavy atom. The van der Waals surface area contributed by atoms with Crippen LogP contribution in [0.25, 0.3) is 16.9 Å². The molecule has 17 heteroatoms. The highest BCUT2D eigenvalue weighted by molar-refractivity contribution is 7.90. The number of aromatic nitrogens is 6. The number of carbonyl (C=O) groups excluding carboxylic acids is 1. The first-order valence-corrected chi connectivity index (χ1v) is 18.2. The van der Waals surface area contributed by atoms with Crippen LogP contribution in [0, 0.1) is 5.41 Å². The number of hydrogen-bond acceptors (Lipinski definition) is 9. The fourth-order valence-electron chi connectivity index (χ4n) is 5.28. The van der Waals surface area contributed by atoms with Gasteiger partial charge < -0.3 is 5.73 Å². The molecule has 0 radical (unpaired) electrons. The third-order valence-corrected chi connectivity index (χ3v) is 10.2. The highest BCUT2D eigenvalue weighted by Gasteiger charge is 2.42. The Hall–Kier alpha value is -4.28. The molecule has 2 fully saturated rings. The zero-order valence-electron chi connectivity index (χ0n) is 28.0. The van der Waals surface area contributed by atoms with E-state index < -0.39 is 45.5 Å². The van der Waals surface area contributed by atoms with Gasteiger partial charge in [-0.05, 0) is 54.4 Å². The van der Waals surface area contributed by atoms with Gasteiger partial charge in [-0.1, -0.05) is 69.6 Å². The number of aliphatic imine (C=N–C) groups is 1. The van der Waals surface area contributed by atoms with Gasteiger partial charge in [0.25, 0.3) is 12.3 Å². The zero-order chi connectivity index (χ0) is 36.0. The summed E-state index contributed by atoms with van der Waals surface area (Å²) >= 11 is 6.38. The van der Waals surface area contributed by atoms with Crippen molar-refractivity contribution in [1.29, 1.82) is 0 Å². The summed E-state index contributed by atoms with van der Waals surface area (Å²) in [4.78, 5) is 24.9. The van der Waals surface area contributed by atoms with E-state index in [1.807, 2.05) is 12.1 Å². The maximum atomic E-state index is 13.9. The minimum absolute atomic E-state index is 0.0740. The number of hydrogen-bond donors (Lipinski definition) is 2. The number of sulfonamides is 1. The van der Waals surface area contributed by atoms with Crippen LogP contribution in [0.15, 0.2) is 60.0 Å². The molecule has 2 saturated carbocycles. The summed E-state index contributed by atoms with van der Waals surface area (Å²) in [6, 6.07) is 10.0. The molecule has 0 spiro atoms. The molecule has 3 aliphatic rings. The van der Waals surface area contributed by atoms with Crippen LogP contribution in [-0.4, -0.2) is 66.7 Å². The maximum absolute atomic E-state index is 13.9. The van der Waals surface area contributed by atoms with Crippen LogP contribution >= 0.6 is 11.6 Å². The van der Waals surface area contributed by atoms with Crippen molar-refractivity contribution in [2.45, 2.75) is 83.2 Å². The van der Waals surface area contributed by atoms with Crippen molar-refractivity contribution < 1.29 is 22.0 Å². The quantitative estimate of drug-likeness (QED) is 0.204. The maximum Gasteiger partial charge on any atom is 0.297 e. The Bertz CT molecular complexity index is 2000. The van der Waals surface area contributed by atoms with Crippen LogP contribution in [0.5, 0.6) is 0 Å². The summed E-state index contributed by atoms with van der Waals surface area (Å²) in [5.41, 5.74) is 9.38. The van der Waals surface area contributed by atoms with Crippen molar-refractivity contribution in [2.24, 2.45) is 16.1 Å². The highest BCUT2D eigenvalue weighted by atomic mass is 35.5. The summed E-state index contributed by atoms with van der Waals surface area (Å²) in [7, 11) is -3.67. The lowest BCUT2D eigenvalue weighted by Crippen LogP contribution is -2.46. The lowest BCUT2D eigenvalue weighted by molar-refractivity contribution is -0.129. The summed E-state index contributed by atoms with van der Waals surface area (Å²) in [6.45, 7) is 8.50. The molecule has 2 aromatic carbocycles. The average Bonchev–Trinajstić information content (AvgIpc) is 3.97. The van der Waals surface area contributed by atoms with Gasteiger partial charge in [0.2, 0.25) is 10.0 Å². The van der Waals surface area contributed by atoms with Crippen LogP contribution in [0.3, 0.4) is 0 Å². The average molecular weight is 729 g/mol. The van der Waals surface area contributed by atoms with Crippen LogP contribution < -0.4 is 10.5 Å². The fourth-order valence-corrected chi connectivity index (χ4v) is 6.86. The number of carbonyl (C=O) groups is 1. The second-order valence-electron chi connectivity index (χ2n) is 14.2. The molecular weight excluding hydrogens is 690 g/mol. The number of nitrogens with one attached hydrogen (secondary N) is 1. The molecule has 1 amide bonds. The minimum atomic E-state index is -3.67. The molecule has 0 bridgehead atoms. The molecule has 1 aliphatic heterocycles. The van der Waals surface area contributed by atoms with E-state index in [9.17, 15) is 22.0 Å². The second kappa shape index (κ2) is 13.8. The van der Waals surface area contributed by atoms with Crippen LogP contribution in [-0.2, 0) is 14.8 Å². The Morgan fingerprint density at radius 2 is 1.72 bits per heavy atom. The molecule has 3 heterocycles. The summed E-state index contributed by atoms with van der Waals surface area (Å²) in [5.74, 6) is -1.24. The van der Waals surface area contributed by atoms with Crippen LogP contribution in [0.4, 0.5) is 8.78 Å². The monoisotopic (exact) mass is 728 g/mol. The third kappa shape index (κ3) is 8.02. The second-order valence-corrected chi connectivity index (χ2v) is 16.6. The zero-order valence-corrected chi connectivity index (χ0v) is 29.6.